The van der Waals surface area contributed by atoms with Crippen LogP contribution >= 0.6 is 0 Å². The Bertz CT molecular complexity index is 834. The highest BCUT2D eigenvalue weighted by Gasteiger charge is 2.41. The second kappa shape index (κ2) is 5.03. The number of ether oxygens (including phenoxy) is 1. The molecule has 7 heteroatoms. The molecule has 1 heterocycles. The average Bonchev–Trinajstić information content (AvgIpc) is 2.53. The Morgan fingerprint density at radius 2 is 1.73 bits per heavy atom. The third-order valence-corrected chi connectivity index (χ3v) is 5.25. The molecule has 1 aliphatic heterocycles. The van der Waals surface area contributed by atoms with Crippen molar-refractivity contribution in [2.45, 2.75) is 4.90 Å². The molecule has 0 saturated heterocycles. The largest absolute Gasteiger partial charge is 0.497 e. The van der Waals surface area contributed by atoms with E-state index in [1.807, 2.05) is 0 Å². The van der Waals surface area contributed by atoms with Gasteiger partial charge in [0.1, 0.15) is 10.6 Å². The number of fused-ring (bicyclic) bond motifs is 1. The molecule has 0 N–H and O–H groups in total. The van der Waals surface area contributed by atoms with E-state index in [0.29, 0.717) is 17.1 Å². The summed E-state index contributed by atoms with van der Waals surface area (Å²) in [4.78, 5) is 13.9. The molecule has 6 nitrogen and oxygen atoms in total. The lowest BCUT2D eigenvalue weighted by atomic mass is 10.2. The summed E-state index contributed by atoms with van der Waals surface area (Å²) in [5.74, 6) is 0.488. The fourth-order valence-electron chi connectivity index (χ4n) is 2.36. The predicted octanol–water partition coefficient (Wildman–Crippen LogP) is 2.46. The summed E-state index contributed by atoms with van der Waals surface area (Å²) in [7, 11) is -0.940. The van der Waals surface area contributed by atoms with Crippen molar-refractivity contribution < 1.29 is 17.9 Å². The van der Waals surface area contributed by atoms with Gasteiger partial charge in [0, 0.05) is 13.1 Å². The zero-order chi connectivity index (χ0) is 15.9. The smallest absolute Gasteiger partial charge is 0.342 e. The normalized spacial score (nSPS) is 16.4. The van der Waals surface area contributed by atoms with Crippen molar-refractivity contribution in [3.63, 3.8) is 0 Å². The predicted molar refractivity (Wildman–Crippen MR) is 82.9 cm³/mol. The standard InChI is InChI=1S/C15H14N2O4S/c1-16-13-10-12(21-2)8-9-14(13)22(19,20)17(15(16)18)11-6-4-3-5-7-11/h3-10H,1-2H3. The Kier molecular flexibility index (Phi) is 3.29. The number of rotatable bonds is 2. The van der Waals surface area contributed by atoms with Gasteiger partial charge in [0.05, 0.1) is 18.5 Å². The molecule has 22 heavy (non-hydrogen) atoms. The van der Waals surface area contributed by atoms with Crippen LogP contribution in [0.15, 0.2) is 53.4 Å². The summed E-state index contributed by atoms with van der Waals surface area (Å²) in [5, 5.41) is 0. The highest BCUT2D eigenvalue weighted by Crippen LogP contribution is 2.38. The molecule has 0 radical (unpaired) electrons. The van der Waals surface area contributed by atoms with Crippen molar-refractivity contribution in [3.05, 3.63) is 48.5 Å². The van der Waals surface area contributed by atoms with Gasteiger partial charge in [0.15, 0.2) is 0 Å². The third kappa shape index (κ3) is 2.01. The summed E-state index contributed by atoms with van der Waals surface area (Å²) in [6, 6.07) is 12.2. The zero-order valence-electron chi connectivity index (χ0n) is 12.1. The molecule has 0 unspecified atom stereocenters. The van der Waals surface area contributed by atoms with E-state index in [9.17, 15) is 13.2 Å². The summed E-state index contributed by atoms with van der Waals surface area (Å²) in [5.41, 5.74) is 0.609. The highest BCUT2D eigenvalue weighted by atomic mass is 32.2. The minimum Gasteiger partial charge on any atom is -0.497 e. The molecule has 0 fully saturated rings. The first-order valence-electron chi connectivity index (χ1n) is 6.53. The SMILES string of the molecule is COc1ccc2c(c1)N(C)C(=O)N(c1ccccc1)S2(=O)=O. The van der Waals surface area contributed by atoms with Crippen LogP contribution in [0.3, 0.4) is 0 Å². The molecule has 114 valence electrons. The number of carbonyl (C=O) groups is 1. The minimum atomic E-state index is -3.96. The Labute approximate surface area is 128 Å². The number of hydrogen-bond donors (Lipinski definition) is 0. The van der Waals surface area contributed by atoms with E-state index < -0.39 is 16.1 Å². The number of benzene rings is 2. The Morgan fingerprint density at radius 1 is 1.05 bits per heavy atom. The number of amides is 2. The average molecular weight is 318 g/mol. The van der Waals surface area contributed by atoms with Crippen molar-refractivity contribution in [2.75, 3.05) is 23.4 Å². The first-order valence-corrected chi connectivity index (χ1v) is 7.97. The van der Waals surface area contributed by atoms with Gasteiger partial charge in [-0.2, -0.15) is 4.31 Å². The van der Waals surface area contributed by atoms with E-state index in [4.69, 9.17) is 4.74 Å². The number of hydrogen-bond acceptors (Lipinski definition) is 4. The summed E-state index contributed by atoms with van der Waals surface area (Å²) in [6.45, 7) is 0. The molecule has 2 aromatic rings. The molecular formula is C15H14N2O4S. The Hall–Kier alpha value is -2.54. The van der Waals surface area contributed by atoms with Crippen LogP contribution in [0.2, 0.25) is 0 Å². The second-order valence-corrected chi connectivity index (χ2v) is 6.54. The van der Waals surface area contributed by atoms with E-state index in [-0.39, 0.29) is 4.90 Å². The molecule has 0 aliphatic carbocycles. The molecule has 0 aromatic heterocycles. The number of methoxy groups -OCH3 is 1. The number of carbonyl (C=O) groups excluding carboxylic acids is 1. The van der Waals surface area contributed by atoms with Crippen molar-refractivity contribution in [1.29, 1.82) is 0 Å². The maximum Gasteiger partial charge on any atom is 0.342 e. The van der Waals surface area contributed by atoms with E-state index in [0.717, 1.165) is 4.31 Å². The van der Waals surface area contributed by atoms with Gasteiger partial charge in [0.25, 0.3) is 10.0 Å². The van der Waals surface area contributed by atoms with Gasteiger partial charge in [-0.25, -0.2) is 13.2 Å². The number of para-hydroxylation sites is 1. The van der Waals surface area contributed by atoms with E-state index in [1.54, 1.807) is 36.4 Å². The lowest BCUT2D eigenvalue weighted by Gasteiger charge is -2.34. The fraction of sp³-hybridized carbons (Fsp3) is 0.133. The fourth-order valence-corrected chi connectivity index (χ4v) is 3.98. The molecule has 0 saturated carbocycles. The first kappa shape index (κ1) is 14.4. The van der Waals surface area contributed by atoms with Crippen LogP contribution in [-0.2, 0) is 10.0 Å². The molecular weight excluding hydrogens is 304 g/mol. The van der Waals surface area contributed by atoms with Crippen LogP contribution < -0.4 is 13.9 Å². The molecule has 1 aliphatic rings. The van der Waals surface area contributed by atoms with Crippen molar-refractivity contribution in [2.24, 2.45) is 0 Å². The Morgan fingerprint density at radius 3 is 2.36 bits per heavy atom. The maximum atomic E-state index is 12.8. The molecule has 2 amide bonds. The van der Waals surface area contributed by atoms with E-state index in [1.165, 1.54) is 31.2 Å². The van der Waals surface area contributed by atoms with Crippen molar-refractivity contribution in [3.8, 4) is 5.75 Å². The molecule has 0 bridgehead atoms. The number of anilines is 2. The van der Waals surface area contributed by atoms with E-state index in [2.05, 4.69) is 0 Å². The molecule has 3 rings (SSSR count). The van der Waals surface area contributed by atoms with Crippen LogP contribution in [0, 0.1) is 0 Å². The maximum absolute atomic E-state index is 12.8. The lowest BCUT2D eigenvalue weighted by Crippen LogP contribution is -2.49. The van der Waals surface area contributed by atoms with Gasteiger partial charge >= 0.3 is 6.03 Å². The molecule has 0 spiro atoms. The van der Waals surface area contributed by atoms with Crippen LogP contribution in [0.5, 0.6) is 5.75 Å². The number of sulfonamides is 1. The summed E-state index contributed by atoms with van der Waals surface area (Å²) < 4.78 is 31.5. The minimum absolute atomic E-state index is 0.0688. The second-order valence-electron chi connectivity index (χ2n) is 4.78. The van der Waals surface area contributed by atoms with Gasteiger partial charge in [-0.1, -0.05) is 18.2 Å². The zero-order valence-corrected chi connectivity index (χ0v) is 12.9. The van der Waals surface area contributed by atoms with Gasteiger partial charge in [-0.15, -0.1) is 0 Å². The highest BCUT2D eigenvalue weighted by molar-refractivity contribution is 7.94. The van der Waals surface area contributed by atoms with Crippen LogP contribution in [0.25, 0.3) is 0 Å². The topological polar surface area (TPSA) is 66.9 Å². The van der Waals surface area contributed by atoms with Gasteiger partial charge in [-0.05, 0) is 24.3 Å². The van der Waals surface area contributed by atoms with Crippen LogP contribution in [0.1, 0.15) is 0 Å². The molecule has 0 atom stereocenters. The lowest BCUT2D eigenvalue weighted by molar-refractivity contribution is 0.255. The van der Waals surface area contributed by atoms with Gasteiger partial charge < -0.3 is 4.74 Å². The van der Waals surface area contributed by atoms with Crippen molar-refractivity contribution in [1.82, 2.24) is 0 Å². The summed E-state index contributed by atoms with van der Waals surface area (Å²) >= 11 is 0. The van der Waals surface area contributed by atoms with Crippen LogP contribution in [-0.4, -0.2) is 28.6 Å². The molecule has 2 aromatic carbocycles. The summed E-state index contributed by atoms with van der Waals surface area (Å²) in [6.07, 6.45) is 0. The first-order chi connectivity index (χ1) is 10.5. The monoisotopic (exact) mass is 318 g/mol. The quantitative estimate of drug-likeness (QED) is 0.853. The Balaban J connectivity index is 2.23. The third-order valence-electron chi connectivity index (χ3n) is 3.50. The van der Waals surface area contributed by atoms with Gasteiger partial charge in [0.2, 0.25) is 0 Å². The van der Waals surface area contributed by atoms with Gasteiger partial charge in [-0.3, -0.25) is 4.90 Å². The van der Waals surface area contributed by atoms with E-state index >= 15 is 0 Å². The van der Waals surface area contributed by atoms with Crippen molar-refractivity contribution >= 4 is 27.4 Å². The number of urea groups is 1. The van der Waals surface area contributed by atoms with Crippen LogP contribution in [0.4, 0.5) is 16.2 Å². The number of nitrogens with zero attached hydrogens (tertiary/aromatic N) is 2.